The number of nitrogen functional groups attached to an aromatic ring is 1. The van der Waals surface area contributed by atoms with Crippen LogP contribution in [0.2, 0.25) is 0 Å². The van der Waals surface area contributed by atoms with Gasteiger partial charge in [0.1, 0.15) is 12.4 Å². The lowest BCUT2D eigenvalue weighted by Gasteiger charge is -2.06. The van der Waals surface area contributed by atoms with Crippen LogP contribution < -0.4 is 5.73 Å². The predicted molar refractivity (Wildman–Crippen MR) is 94.8 cm³/mol. The van der Waals surface area contributed by atoms with Crippen molar-refractivity contribution in [2.75, 3.05) is 5.73 Å². The first-order chi connectivity index (χ1) is 11.3. The van der Waals surface area contributed by atoms with Crippen LogP contribution >= 0.6 is 0 Å². The summed E-state index contributed by atoms with van der Waals surface area (Å²) in [6.45, 7) is 0.564. The minimum absolute atomic E-state index is 0.564. The van der Waals surface area contributed by atoms with E-state index in [0.29, 0.717) is 6.61 Å². The van der Waals surface area contributed by atoms with Gasteiger partial charge in [0.05, 0.1) is 11.2 Å². The number of ether oxygens (including phenoxy) is 1. The normalized spacial score (nSPS) is 13.5. The van der Waals surface area contributed by atoms with E-state index in [4.69, 9.17) is 10.5 Å². The summed E-state index contributed by atoms with van der Waals surface area (Å²) in [5.41, 5.74) is 11.4. The first-order valence-corrected chi connectivity index (χ1v) is 7.75. The second-order valence-corrected chi connectivity index (χ2v) is 5.71. The van der Waals surface area contributed by atoms with Gasteiger partial charge in [-0.1, -0.05) is 48.5 Å². The molecule has 1 aliphatic carbocycles. The maximum atomic E-state index is 6.08. The van der Waals surface area contributed by atoms with Crippen molar-refractivity contribution in [1.29, 1.82) is 0 Å². The molecule has 114 valence electrons. The molecule has 0 bridgehead atoms. The first kappa shape index (κ1) is 13.7. The van der Waals surface area contributed by atoms with Crippen molar-refractivity contribution in [3.05, 3.63) is 83.3 Å². The molecule has 2 aromatic carbocycles. The molecule has 4 rings (SSSR count). The van der Waals surface area contributed by atoms with Gasteiger partial charge in [-0.05, 0) is 29.7 Å². The predicted octanol–water partition coefficient (Wildman–Crippen LogP) is 4.42. The number of anilines is 1. The molecule has 0 fully saturated rings. The zero-order valence-electron chi connectivity index (χ0n) is 12.8. The van der Waals surface area contributed by atoms with Gasteiger partial charge in [-0.3, -0.25) is 0 Å². The summed E-state index contributed by atoms with van der Waals surface area (Å²) in [5.74, 6) is 0.859. The topological polar surface area (TPSA) is 51.0 Å². The van der Waals surface area contributed by atoms with Crippen LogP contribution in [0.3, 0.4) is 0 Å². The Hall–Kier alpha value is -2.94. The summed E-state index contributed by atoms with van der Waals surface area (Å²) < 4.78 is 5.96. The van der Waals surface area contributed by atoms with Crippen LogP contribution in [0.5, 0.6) is 0 Å². The van der Waals surface area contributed by atoms with Gasteiger partial charge in [0.25, 0.3) is 0 Å². The molecule has 3 heteroatoms. The van der Waals surface area contributed by atoms with E-state index in [1.54, 1.807) is 0 Å². The molecule has 3 nitrogen and oxygen atoms in total. The van der Waals surface area contributed by atoms with Gasteiger partial charge in [-0.2, -0.15) is 0 Å². The maximum Gasteiger partial charge on any atom is 0.121 e. The van der Waals surface area contributed by atoms with Crippen molar-refractivity contribution in [2.24, 2.45) is 0 Å². The summed E-state index contributed by atoms with van der Waals surface area (Å²) in [7, 11) is 0. The molecule has 1 aromatic heterocycles. The van der Waals surface area contributed by atoms with E-state index in [9.17, 15) is 0 Å². The van der Waals surface area contributed by atoms with Crippen LogP contribution in [0, 0.1) is 0 Å². The van der Waals surface area contributed by atoms with Crippen molar-refractivity contribution in [2.45, 2.75) is 13.0 Å². The molecule has 0 atom stereocenters. The van der Waals surface area contributed by atoms with Crippen molar-refractivity contribution < 1.29 is 4.74 Å². The number of rotatable bonds is 3. The number of nitrogens with two attached hydrogens (primary N) is 1. The summed E-state index contributed by atoms with van der Waals surface area (Å²) in [6.07, 6.45) is 7.10. The Morgan fingerprint density at radius 1 is 1.04 bits per heavy atom. The Morgan fingerprint density at radius 2 is 1.91 bits per heavy atom. The van der Waals surface area contributed by atoms with E-state index in [1.165, 1.54) is 10.9 Å². The molecule has 0 unspecified atom stereocenters. The third kappa shape index (κ3) is 2.61. The molecular formula is C20H18N2O. The van der Waals surface area contributed by atoms with Gasteiger partial charge in [0, 0.05) is 17.2 Å². The van der Waals surface area contributed by atoms with E-state index < -0.39 is 0 Å². The smallest absolute Gasteiger partial charge is 0.121 e. The number of hydrogen-bond acceptors (Lipinski definition) is 2. The van der Waals surface area contributed by atoms with Gasteiger partial charge >= 0.3 is 0 Å². The fourth-order valence-electron chi connectivity index (χ4n) is 2.97. The molecule has 0 aliphatic heterocycles. The lowest BCUT2D eigenvalue weighted by atomic mass is 10.1. The van der Waals surface area contributed by atoms with E-state index in [1.807, 2.05) is 36.4 Å². The Balaban J connectivity index is 1.66. The molecule has 0 spiro atoms. The molecule has 0 radical (unpaired) electrons. The number of nitrogens with one attached hydrogen (secondary N) is 1. The number of hydrogen-bond donors (Lipinski definition) is 2. The summed E-state index contributed by atoms with van der Waals surface area (Å²) >= 11 is 0. The first-order valence-electron chi connectivity index (χ1n) is 7.75. The molecule has 1 aliphatic rings. The lowest BCUT2D eigenvalue weighted by Crippen LogP contribution is -1.91. The minimum Gasteiger partial charge on any atom is -0.489 e. The van der Waals surface area contributed by atoms with Crippen molar-refractivity contribution in [3.63, 3.8) is 0 Å². The number of H-pyrrole nitrogens is 1. The van der Waals surface area contributed by atoms with Crippen LogP contribution in [0.1, 0.15) is 16.8 Å². The quantitative estimate of drug-likeness (QED) is 0.704. The molecule has 1 heterocycles. The lowest BCUT2D eigenvalue weighted by molar-refractivity contribution is 0.214. The van der Waals surface area contributed by atoms with Gasteiger partial charge in [-0.15, -0.1) is 0 Å². The average molecular weight is 302 g/mol. The van der Waals surface area contributed by atoms with Crippen LogP contribution in [-0.2, 0) is 17.8 Å². The molecule has 0 amide bonds. The maximum absolute atomic E-state index is 6.08. The van der Waals surface area contributed by atoms with E-state index in [0.717, 1.165) is 34.6 Å². The highest BCUT2D eigenvalue weighted by Crippen LogP contribution is 2.30. The number of para-hydroxylation sites is 1. The van der Waals surface area contributed by atoms with Crippen LogP contribution in [-0.4, -0.2) is 4.98 Å². The number of benzene rings is 2. The van der Waals surface area contributed by atoms with Crippen LogP contribution in [0.25, 0.3) is 17.0 Å². The van der Waals surface area contributed by atoms with Crippen molar-refractivity contribution >= 4 is 22.7 Å². The van der Waals surface area contributed by atoms with Gasteiger partial charge in [0.2, 0.25) is 0 Å². The molecule has 0 saturated heterocycles. The van der Waals surface area contributed by atoms with Crippen molar-refractivity contribution in [3.8, 4) is 0 Å². The minimum atomic E-state index is 0.564. The molecular weight excluding hydrogens is 284 g/mol. The largest absolute Gasteiger partial charge is 0.489 e. The fraction of sp³-hybridized carbons (Fsp3) is 0.100. The number of fused-ring (bicyclic) bond motifs is 3. The average Bonchev–Trinajstić information content (AvgIpc) is 2.80. The standard InChI is InChI=1S/C20H18N2O/c21-18-11-5-10-17-16-9-4-8-15(12-19(16)22-20(17)18)23-13-14-6-2-1-3-7-14/h1-8,10-12,22H,9,13,21H2. The van der Waals surface area contributed by atoms with E-state index in [2.05, 4.69) is 35.3 Å². The molecule has 3 N–H and O–H groups in total. The van der Waals surface area contributed by atoms with Crippen LogP contribution in [0.4, 0.5) is 5.69 Å². The number of allylic oxidation sites excluding steroid dienone is 2. The molecule has 3 aromatic rings. The monoisotopic (exact) mass is 302 g/mol. The summed E-state index contributed by atoms with van der Waals surface area (Å²) in [5, 5.41) is 1.19. The zero-order chi connectivity index (χ0) is 15.6. The molecule has 0 saturated carbocycles. The van der Waals surface area contributed by atoms with E-state index >= 15 is 0 Å². The van der Waals surface area contributed by atoms with Crippen molar-refractivity contribution in [1.82, 2.24) is 4.98 Å². The highest BCUT2D eigenvalue weighted by atomic mass is 16.5. The fourth-order valence-corrected chi connectivity index (χ4v) is 2.97. The highest BCUT2D eigenvalue weighted by Gasteiger charge is 2.13. The van der Waals surface area contributed by atoms with E-state index in [-0.39, 0.29) is 0 Å². The second kappa shape index (κ2) is 5.69. The Morgan fingerprint density at radius 3 is 2.78 bits per heavy atom. The Kier molecular flexibility index (Phi) is 3.39. The Labute approximate surface area is 135 Å². The van der Waals surface area contributed by atoms with Gasteiger partial charge < -0.3 is 15.5 Å². The number of aromatic nitrogens is 1. The summed E-state index contributed by atoms with van der Waals surface area (Å²) in [4.78, 5) is 3.43. The third-order valence-corrected chi connectivity index (χ3v) is 4.15. The summed E-state index contributed by atoms with van der Waals surface area (Å²) in [6, 6.07) is 16.2. The van der Waals surface area contributed by atoms with Gasteiger partial charge in [-0.25, -0.2) is 0 Å². The van der Waals surface area contributed by atoms with Crippen LogP contribution in [0.15, 0.2) is 66.4 Å². The molecule has 23 heavy (non-hydrogen) atoms. The zero-order valence-corrected chi connectivity index (χ0v) is 12.8. The SMILES string of the molecule is Nc1cccc2c3c([nH]c12)C=C(OCc1ccccc1)C=CC3. The third-order valence-electron chi connectivity index (χ3n) is 4.15. The number of aromatic amines is 1. The highest BCUT2D eigenvalue weighted by molar-refractivity contribution is 5.95. The second-order valence-electron chi connectivity index (χ2n) is 5.71. The Bertz CT molecular complexity index is 904. The van der Waals surface area contributed by atoms with Gasteiger partial charge in [0.15, 0.2) is 0 Å².